The van der Waals surface area contributed by atoms with Crippen molar-refractivity contribution >= 4 is 0 Å². The third-order valence-electron chi connectivity index (χ3n) is 8.93. The highest BCUT2D eigenvalue weighted by atomic mass is 16.5. The van der Waals surface area contributed by atoms with E-state index in [1.165, 1.54) is 55.2 Å². The van der Waals surface area contributed by atoms with Crippen LogP contribution in [0.4, 0.5) is 0 Å². The number of benzene rings is 3. The molecule has 4 fully saturated rings. The van der Waals surface area contributed by atoms with Gasteiger partial charge in [-0.15, -0.1) is 6.58 Å². The van der Waals surface area contributed by atoms with Crippen molar-refractivity contribution < 1.29 is 4.74 Å². The summed E-state index contributed by atoms with van der Waals surface area (Å²) in [5.74, 6) is 2.83. The van der Waals surface area contributed by atoms with Crippen molar-refractivity contribution in [1.29, 1.82) is 0 Å². The summed E-state index contributed by atoms with van der Waals surface area (Å²) in [5, 5.41) is 0. The molecule has 0 N–H and O–H groups in total. The standard InChI is InChI=1S/C33H36O/c1-2-31(24-32-21-25-18-26(22-32)20-27(19-25)23-32)34-33(28-12-6-3-7-13-28,29-14-8-4-9-15-29)30-16-10-5-11-17-30/h2-17,25-27,31H,1,18-24H2. The van der Waals surface area contributed by atoms with Gasteiger partial charge >= 0.3 is 0 Å². The van der Waals surface area contributed by atoms with E-state index in [2.05, 4.69) is 104 Å². The topological polar surface area (TPSA) is 9.23 Å². The Bertz CT molecular complexity index is 969. The van der Waals surface area contributed by atoms with Gasteiger partial charge in [-0.1, -0.05) is 97.1 Å². The first-order valence-electron chi connectivity index (χ1n) is 13.2. The quantitative estimate of drug-likeness (QED) is 0.249. The fraction of sp³-hybridized carbons (Fsp3) is 0.394. The van der Waals surface area contributed by atoms with Crippen molar-refractivity contribution in [2.45, 2.75) is 56.7 Å². The summed E-state index contributed by atoms with van der Waals surface area (Å²) in [6, 6.07) is 32.3. The van der Waals surface area contributed by atoms with Crippen molar-refractivity contribution in [1.82, 2.24) is 0 Å². The number of rotatable bonds is 8. The summed E-state index contributed by atoms with van der Waals surface area (Å²) in [6.07, 6.45) is 11.8. The molecule has 4 aliphatic rings. The smallest absolute Gasteiger partial charge is 0.144 e. The average Bonchev–Trinajstić information content (AvgIpc) is 2.87. The molecular weight excluding hydrogens is 412 g/mol. The van der Waals surface area contributed by atoms with Gasteiger partial charge in [0.05, 0.1) is 6.10 Å². The molecule has 4 aliphatic carbocycles. The van der Waals surface area contributed by atoms with Crippen LogP contribution in [0.25, 0.3) is 0 Å². The number of hydrogen-bond acceptors (Lipinski definition) is 1. The Morgan fingerprint density at radius 2 is 1.09 bits per heavy atom. The van der Waals surface area contributed by atoms with Crippen LogP contribution in [-0.2, 0) is 10.3 Å². The maximum atomic E-state index is 7.37. The third kappa shape index (κ3) is 3.85. The van der Waals surface area contributed by atoms with Gasteiger partial charge in [-0.25, -0.2) is 0 Å². The summed E-state index contributed by atoms with van der Waals surface area (Å²) in [7, 11) is 0. The van der Waals surface area contributed by atoms with E-state index in [1.54, 1.807) is 0 Å². The molecule has 7 rings (SSSR count). The summed E-state index contributed by atoms with van der Waals surface area (Å²) < 4.78 is 7.37. The molecule has 1 heteroatoms. The first-order chi connectivity index (χ1) is 16.7. The second kappa shape index (κ2) is 8.86. The molecule has 4 saturated carbocycles. The van der Waals surface area contributed by atoms with Gasteiger partial charge in [0.2, 0.25) is 0 Å². The van der Waals surface area contributed by atoms with Crippen molar-refractivity contribution in [2.24, 2.45) is 23.2 Å². The Hall–Kier alpha value is -2.64. The molecule has 1 nitrogen and oxygen atoms in total. The molecule has 0 saturated heterocycles. The monoisotopic (exact) mass is 448 g/mol. The largest absolute Gasteiger partial charge is 0.354 e. The van der Waals surface area contributed by atoms with Gasteiger partial charge in [0, 0.05) is 0 Å². The van der Waals surface area contributed by atoms with Crippen LogP contribution >= 0.6 is 0 Å². The molecular formula is C33H36O. The van der Waals surface area contributed by atoms with Gasteiger partial charge in [0.1, 0.15) is 5.60 Å². The molecule has 4 bridgehead atoms. The molecule has 0 aliphatic heterocycles. The van der Waals surface area contributed by atoms with Crippen LogP contribution in [0.3, 0.4) is 0 Å². The fourth-order valence-corrected chi connectivity index (χ4v) is 8.09. The summed E-state index contributed by atoms with van der Waals surface area (Å²) in [4.78, 5) is 0. The molecule has 3 aromatic carbocycles. The van der Waals surface area contributed by atoms with Crippen LogP contribution < -0.4 is 0 Å². The van der Waals surface area contributed by atoms with E-state index in [-0.39, 0.29) is 6.10 Å². The van der Waals surface area contributed by atoms with Gasteiger partial charge in [-0.05, 0) is 84.8 Å². The van der Waals surface area contributed by atoms with Crippen molar-refractivity contribution in [3.63, 3.8) is 0 Å². The minimum atomic E-state index is -0.676. The van der Waals surface area contributed by atoms with Crippen LogP contribution in [0, 0.1) is 23.2 Å². The van der Waals surface area contributed by atoms with E-state index in [4.69, 9.17) is 4.74 Å². The zero-order chi connectivity index (χ0) is 23.0. The van der Waals surface area contributed by atoms with Crippen LogP contribution in [0.15, 0.2) is 104 Å². The fourth-order valence-electron chi connectivity index (χ4n) is 8.09. The molecule has 0 amide bonds. The lowest BCUT2D eigenvalue weighted by Gasteiger charge is -2.57. The highest BCUT2D eigenvalue weighted by Crippen LogP contribution is 2.62. The molecule has 0 heterocycles. The average molecular weight is 449 g/mol. The summed E-state index contributed by atoms with van der Waals surface area (Å²) >= 11 is 0. The molecule has 0 radical (unpaired) electrons. The molecule has 174 valence electrons. The lowest BCUT2D eigenvalue weighted by Crippen LogP contribution is -2.48. The Morgan fingerprint density at radius 3 is 1.44 bits per heavy atom. The number of ether oxygens (including phenoxy) is 1. The Morgan fingerprint density at radius 1 is 0.706 bits per heavy atom. The van der Waals surface area contributed by atoms with Gasteiger partial charge in [-0.2, -0.15) is 0 Å². The molecule has 0 aromatic heterocycles. The highest BCUT2D eigenvalue weighted by Gasteiger charge is 2.52. The zero-order valence-electron chi connectivity index (χ0n) is 20.1. The van der Waals surface area contributed by atoms with Gasteiger partial charge in [-0.3, -0.25) is 0 Å². The zero-order valence-corrected chi connectivity index (χ0v) is 20.1. The van der Waals surface area contributed by atoms with Crippen LogP contribution in [0.5, 0.6) is 0 Å². The van der Waals surface area contributed by atoms with E-state index in [1.807, 2.05) is 0 Å². The van der Waals surface area contributed by atoms with Crippen LogP contribution in [-0.4, -0.2) is 6.10 Å². The minimum Gasteiger partial charge on any atom is -0.354 e. The maximum absolute atomic E-state index is 7.37. The Balaban J connectivity index is 1.42. The van der Waals surface area contributed by atoms with E-state index >= 15 is 0 Å². The lowest BCUT2D eigenvalue weighted by atomic mass is 9.48. The van der Waals surface area contributed by atoms with Crippen LogP contribution in [0.1, 0.15) is 61.6 Å². The second-order valence-corrected chi connectivity index (χ2v) is 11.3. The normalized spacial score (nSPS) is 28.5. The predicted molar refractivity (Wildman–Crippen MR) is 139 cm³/mol. The minimum absolute atomic E-state index is 0.00290. The Labute approximate surface area is 204 Å². The van der Waals surface area contributed by atoms with E-state index < -0.39 is 5.60 Å². The molecule has 1 unspecified atom stereocenters. The maximum Gasteiger partial charge on any atom is 0.144 e. The Kier molecular flexibility index (Phi) is 5.70. The van der Waals surface area contributed by atoms with Gasteiger partial charge in [0.25, 0.3) is 0 Å². The van der Waals surface area contributed by atoms with Gasteiger partial charge in [0.15, 0.2) is 0 Å². The van der Waals surface area contributed by atoms with E-state index in [0.29, 0.717) is 5.41 Å². The summed E-state index contributed by atoms with van der Waals surface area (Å²) in [6.45, 7) is 4.30. The highest BCUT2D eigenvalue weighted by molar-refractivity contribution is 5.47. The molecule has 34 heavy (non-hydrogen) atoms. The van der Waals surface area contributed by atoms with Crippen molar-refractivity contribution in [3.05, 3.63) is 120 Å². The first-order valence-corrected chi connectivity index (χ1v) is 13.2. The molecule has 1 atom stereocenters. The van der Waals surface area contributed by atoms with E-state index in [9.17, 15) is 0 Å². The third-order valence-corrected chi connectivity index (χ3v) is 8.93. The van der Waals surface area contributed by atoms with Crippen molar-refractivity contribution in [2.75, 3.05) is 0 Å². The van der Waals surface area contributed by atoms with E-state index in [0.717, 1.165) is 24.2 Å². The molecule has 0 spiro atoms. The van der Waals surface area contributed by atoms with Gasteiger partial charge < -0.3 is 4.74 Å². The summed E-state index contributed by atoms with van der Waals surface area (Å²) in [5.41, 5.74) is 3.27. The molecule has 3 aromatic rings. The number of hydrogen-bond donors (Lipinski definition) is 0. The SMILES string of the molecule is C=CC(CC12CC3CC(CC(C3)C1)C2)OC(c1ccccc1)(c1ccccc1)c1ccccc1. The van der Waals surface area contributed by atoms with Crippen LogP contribution in [0.2, 0.25) is 0 Å². The predicted octanol–water partition coefficient (Wildman–Crippen LogP) is 8.16. The lowest BCUT2D eigenvalue weighted by molar-refractivity contribution is -0.100. The van der Waals surface area contributed by atoms with Crippen molar-refractivity contribution in [3.8, 4) is 0 Å². The first kappa shape index (κ1) is 21.9. The second-order valence-electron chi connectivity index (χ2n) is 11.3.